The van der Waals surface area contributed by atoms with E-state index >= 15 is 0 Å². The van der Waals surface area contributed by atoms with Gasteiger partial charge in [-0.25, -0.2) is 0 Å². The highest BCUT2D eigenvalue weighted by Gasteiger charge is 2.42. The topological polar surface area (TPSA) is 57.2 Å². The van der Waals surface area contributed by atoms with Gasteiger partial charge < -0.3 is 24.1 Å². The molecule has 5 nitrogen and oxygen atoms in total. The van der Waals surface area contributed by atoms with E-state index in [1.54, 1.807) is 0 Å². The van der Waals surface area contributed by atoms with Crippen molar-refractivity contribution in [1.82, 2.24) is 0 Å². The molecule has 0 unspecified atom stereocenters. The molecule has 1 saturated heterocycles. The summed E-state index contributed by atoms with van der Waals surface area (Å²) in [5, 5.41) is 9.76. The van der Waals surface area contributed by atoms with E-state index in [-0.39, 0.29) is 12.7 Å². The van der Waals surface area contributed by atoms with Crippen molar-refractivity contribution >= 4 is 0 Å². The van der Waals surface area contributed by atoms with Crippen molar-refractivity contribution in [3.63, 3.8) is 0 Å². The first-order valence-electron chi connectivity index (χ1n) is 10.5. The van der Waals surface area contributed by atoms with Crippen molar-refractivity contribution in [2.75, 3.05) is 6.61 Å². The molecule has 1 heterocycles. The number of ether oxygens (including phenoxy) is 4. The van der Waals surface area contributed by atoms with Crippen molar-refractivity contribution < 1.29 is 24.1 Å². The average Bonchev–Trinajstić information content (AvgIpc) is 3.12. The van der Waals surface area contributed by atoms with Crippen LogP contribution in [0.5, 0.6) is 11.5 Å². The van der Waals surface area contributed by atoms with Crippen molar-refractivity contribution in [1.29, 1.82) is 0 Å². The standard InChI is InChI=1S/C26H28O5/c1-26(2)30-24(16-27)25(31-26)21-13-14-22(28-17-19-9-5-3-6-10-19)23(15-21)29-18-20-11-7-4-8-12-20/h3-15,24-25,27H,16-18H2,1-2H3/t24-,25+/m0/s1. The van der Waals surface area contributed by atoms with Gasteiger partial charge in [-0.15, -0.1) is 0 Å². The molecule has 0 radical (unpaired) electrons. The Balaban J connectivity index is 1.57. The fourth-order valence-electron chi connectivity index (χ4n) is 3.66. The highest BCUT2D eigenvalue weighted by atomic mass is 16.8. The average molecular weight is 421 g/mol. The molecule has 1 fully saturated rings. The summed E-state index contributed by atoms with van der Waals surface area (Å²) < 4.78 is 24.1. The Morgan fingerprint density at radius 2 is 1.35 bits per heavy atom. The molecule has 4 rings (SSSR count). The minimum absolute atomic E-state index is 0.124. The van der Waals surface area contributed by atoms with Crippen LogP contribution < -0.4 is 9.47 Å². The third kappa shape index (κ3) is 5.44. The second-order valence-electron chi connectivity index (χ2n) is 8.03. The van der Waals surface area contributed by atoms with Crippen molar-refractivity contribution in [2.45, 2.75) is 45.1 Å². The van der Waals surface area contributed by atoms with E-state index in [0.29, 0.717) is 24.7 Å². The maximum Gasteiger partial charge on any atom is 0.164 e. The van der Waals surface area contributed by atoms with Gasteiger partial charge in [0.25, 0.3) is 0 Å². The summed E-state index contributed by atoms with van der Waals surface area (Å²) >= 11 is 0. The molecular weight excluding hydrogens is 392 g/mol. The molecule has 2 atom stereocenters. The second kappa shape index (κ2) is 9.52. The predicted molar refractivity (Wildman–Crippen MR) is 118 cm³/mol. The van der Waals surface area contributed by atoms with Crippen LogP contribution in [0.25, 0.3) is 0 Å². The Morgan fingerprint density at radius 3 is 1.94 bits per heavy atom. The molecule has 0 amide bonds. The molecule has 5 heteroatoms. The normalized spacial score (nSPS) is 19.8. The van der Waals surface area contributed by atoms with Gasteiger partial charge in [0.05, 0.1) is 6.61 Å². The largest absolute Gasteiger partial charge is 0.485 e. The zero-order valence-corrected chi connectivity index (χ0v) is 17.9. The van der Waals surface area contributed by atoms with Crippen LogP contribution in [-0.4, -0.2) is 23.6 Å². The highest BCUT2D eigenvalue weighted by Crippen LogP contribution is 2.41. The van der Waals surface area contributed by atoms with Crippen LogP contribution >= 0.6 is 0 Å². The molecule has 1 aliphatic rings. The molecule has 3 aromatic rings. The molecular formula is C26H28O5. The summed E-state index contributed by atoms with van der Waals surface area (Å²) in [6, 6.07) is 25.7. The Morgan fingerprint density at radius 1 is 0.774 bits per heavy atom. The smallest absolute Gasteiger partial charge is 0.164 e. The van der Waals surface area contributed by atoms with Crippen molar-refractivity contribution in [3.8, 4) is 11.5 Å². The Bertz CT molecular complexity index is 972. The third-order valence-electron chi connectivity index (χ3n) is 5.13. The summed E-state index contributed by atoms with van der Waals surface area (Å²) in [5.74, 6) is 0.524. The van der Waals surface area contributed by atoms with Gasteiger partial charge in [0, 0.05) is 0 Å². The van der Waals surface area contributed by atoms with Gasteiger partial charge in [-0.05, 0) is 42.7 Å². The maximum absolute atomic E-state index is 9.76. The lowest BCUT2D eigenvalue weighted by Gasteiger charge is -2.19. The Kier molecular flexibility index (Phi) is 6.56. The van der Waals surface area contributed by atoms with Gasteiger partial charge >= 0.3 is 0 Å². The van der Waals surface area contributed by atoms with Crippen LogP contribution in [0.15, 0.2) is 78.9 Å². The van der Waals surface area contributed by atoms with Gasteiger partial charge in [0.2, 0.25) is 0 Å². The van der Waals surface area contributed by atoms with E-state index in [0.717, 1.165) is 16.7 Å². The molecule has 1 aliphatic heterocycles. The number of hydrogen-bond acceptors (Lipinski definition) is 5. The lowest BCUT2D eigenvalue weighted by Crippen LogP contribution is -2.23. The molecule has 1 N–H and O–H groups in total. The quantitative estimate of drug-likeness (QED) is 0.554. The first kappa shape index (κ1) is 21.4. The van der Waals surface area contributed by atoms with Crippen LogP contribution in [-0.2, 0) is 22.7 Å². The number of aliphatic hydroxyl groups excluding tert-OH is 1. The molecule has 0 saturated carbocycles. The summed E-state index contributed by atoms with van der Waals surface area (Å²) in [4.78, 5) is 0. The van der Waals surface area contributed by atoms with Crippen molar-refractivity contribution in [3.05, 3.63) is 95.6 Å². The van der Waals surface area contributed by atoms with Gasteiger partial charge in [-0.3, -0.25) is 0 Å². The summed E-state index contributed by atoms with van der Waals surface area (Å²) in [6.07, 6.45) is -0.824. The lowest BCUT2D eigenvalue weighted by molar-refractivity contribution is -0.149. The van der Waals surface area contributed by atoms with Crippen LogP contribution in [0, 0.1) is 0 Å². The fourth-order valence-corrected chi connectivity index (χ4v) is 3.66. The van der Waals surface area contributed by atoms with Gasteiger partial charge in [-0.1, -0.05) is 66.7 Å². The van der Waals surface area contributed by atoms with Crippen LogP contribution in [0.4, 0.5) is 0 Å². The highest BCUT2D eigenvalue weighted by molar-refractivity contribution is 5.44. The van der Waals surface area contributed by atoms with Crippen LogP contribution in [0.1, 0.15) is 36.6 Å². The summed E-state index contributed by atoms with van der Waals surface area (Å²) in [7, 11) is 0. The van der Waals surface area contributed by atoms with Gasteiger partial charge in [0.1, 0.15) is 25.4 Å². The third-order valence-corrected chi connectivity index (χ3v) is 5.13. The predicted octanol–water partition coefficient (Wildman–Crippen LogP) is 5.03. The van der Waals surface area contributed by atoms with Crippen LogP contribution in [0.3, 0.4) is 0 Å². The SMILES string of the molecule is CC1(C)O[C@@H](CO)[C@@H](c2ccc(OCc3ccccc3)c(OCc3ccccc3)c2)O1. The minimum atomic E-state index is -0.758. The molecule has 0 aliphatic carbocycles. The van der Waals surface area contributed by atoms with Gasteiger partial charge in [-0.2, -0.15) is 0 Å². The van der Waals surface area contributed by atoms with Crippen molar-refractivity contribution in [2.24, 2.45) is 0 Å². The summed E-state index contributed by atoms with van der Waals surface area (Å²) in [6.45, 7) is 4.43. The number of hydrogen-bond donors (Lipinski definition) is 1. The number of benzene rings is 3. The first-order chi connectivity index (χ1) is 15.0. The maximum atomic E-state index is 9.76. The zero-order chi connectivity index (χ0) is 21.7. The second-order valence-corrected chi connectivity index (χ2v) is 8.03. The van der Waals surface area contributed by atoms with E-state index in [2.05, 4.69) is 0 Å². The lowest BCUT2D eigenvalue weighted by atomic mass is 10.0. The van der Waals surface area contributed by atoms with E-state index in [1.807, 2.05) is 92.7 Å². The zero-order valence-electron chi connectivity index (χ0n) is 17.9. The minimum Gasteiger partial charge on any atom is -0.485 e. The van der Waals surface area contributed by atoms with E-state index < -0.39 is 11.9 Å². The molecule has 0 bridgehead atoms. The first-order valence-corrected chi connectivity index (χ1v) is 10.5. The molecule has 31 heavy (non-hydrogen) atoms. The molecule has 0 aromatic heterocycles. The number of rotatable bonds is 8. The van der Waals surface area contributed by atoms with Crippen LogP contribution in [0.2, 0.25) is 0 Å². The molecule has 0 spiro atoms. The van der Waals surface area contributed by atoms with E-state index in [9.17, 15) is 5.11 Å². The Hall–Kier alpha value is -2.86. The number of aliphatic hydroxyl groups is 1. The Labute approximate surface area is 183 Å². The van der Waals surface area contributed by atoms with Gasteiger partial charge in [0.15, 0.2) is 17.3 Å². The fraction of sp³-hybridized carbons (Fsp3) is 0.308. The van der Waals surface area contributed by atoms with E-state index in [1.165, 1.54) is 0 Å². The summed E-state index contributed by atoms with van der Waals surface area (Å²) in [5.41, 5.74) is 3.02. The molecule has 162 valence electrons. The molecule has 3 aromatic carbocycles. The van der Waals surface area contributed by atoms with E-state index in [4.69, 9.17) is 18.9 Å². The monoisotopic (exact) mass is 420 g/mol.